The normalized spacial score (nSPS) is 19.3. The van der Waals surface area contributed by atoms with Crippen molar-refractivity contribution in [2.24, 2.45) is 0 Å². The molecular weight excluding hydrogens is 522 g/mol. The summed E-state index contributed by atoms with van der Waals surface area (Å²) in [5.41, 5.74) is 1.75. The van der Waals surface area contributed by atoms with Gasteiger partial charge in [0.1, 0.15) is 11.8 Å². The number of nitrogens with one attached hydrogen (secondary N) is 1. The molecule has 0 spiro atoms. The van der Waals surface area contributed by atoms with E-state index in [9.17, 15) is 22.8 Å². The fourth-order valence-corrected chi connectivity index (χ4v) is 6.83. The third kappa shape index (κ3) is 5.91. The number of sulfonamides is 1. The van der Waals surface area contributed by atoms with Crippen molar-refractivity contribution in [3.63, 3.8) is 0 Å². The summed E-state index contributed by atoms with van der Waals surface area (Å²) in [6.45, 7) is 0.524. The molecule has 39 heavy (non-hydrogen) atoms. The number of likely N-dealkylation sites (tertiary alicyclic amines) is 1. The Hall–Kier alpha value is -3.90. The first-order chi connectivity index (χ1) is 18.8. The maximum absolute atomic E-state index is 13.0. The van der Waals surface area contributed by atoms with Gasteiger partial charge in [0, 0.05) is 36.8 Å². The van der Waals surface area contributed by atoms with Crippen LogP contribution >= 0.6 is 0 Å². The molecule has 2 saturated heterocycles. The van der Waals surface area contributed by atoms with Gasteiger partial charge in [-0.25, -0.2) is 13.4 Å². The number of Topliss-reactive ketones (excluding diaryl/α,β-unsaturated/α-hetero) is 1. The summed E-state index contributed by atoms with van der Waals surface area (Å²) in [6.07, 6.45) is 6.25. The topological polar surface area (TPSA) is 143 Å². The number of aromatic nitrogens is 2. The number of nitrogens with zero attached hydrogens (tertiary/aromatic N) is 4. The maximum Gasteiger partial charge on any atom is 0.251 e. The molecule has 2 atom stereocenters. The molecule has 0 saturated carbocycles. The highest BCUT2D eigenvalue weighted by atomic mass is 32.2. The molecule has 2 aliphatic rings. The Morgan fingerprint density at radius 2 is 1.92 bits per heavy atom. The molecule has 2 amide bonds. The SMILES string of the molecule is O=C(NCCCCC(=O)N1CCC2C1C(=O)CN2S(=O)(=O)Cc1ccccn1)c1ccc(-c2cnco2)cc1. The van der Waals surface area contributed by atoms with Crippen molar-refractivity contribution in [1.29, 1.82) is 0 Å². The van der Waals surface area contributed by atoms with E-state index in [1.807, 2.05) is 0 Å². The number of hydrogen-bond donors (Lipinski definition) is 1. The van der Waals surface area contributed by atoms with E-state index in [1.165, 1.54) is 21.8 Å². The van der Waals surface area contributed by atoms with E-state index in [-0.39, 0.29) is 36.3 Å². The molecule has 11 nitrogen and oxygen atoms in total. The van der Waals surface area contributed by atoms with Crippen LogP contribution in [-0.2, 0) is 25.4 Å². The predicted molar refractivity (Wildman–Crippen MR) is 141 cm³/mol. The average Bonchev–Trinajstić information content (AvgIpc) is 3.68. The number of oxazole rings is 1. The van der Waals surface area contributed by atoms with Gasteiger partial charge in [-0.15, -0.1) is 0 Å². The Morgan fingerprint density at radius 1 is 1.10 bits per heavy atom. The molecular formula is C27H29N5O6S. The van der Waals surface area contributed by atoms with Gasteiger partial charge < -0.3 is 14.6 Å². The lowest BCUT2D eigenvalue weighted by molar-refractivity contribution is -0.136. The molecule has 3 aromatic rings. The zero-order valence-corrected chi connectivity index (χ0v) is 22.0. The number of carbonyl (C=O) groups is 3. The van der Waals surface area contributed by atoms with Gasteiger partial charge in [-0.3, -0.25) is 19.4 Å². The van der Waals surface area contributed by atoms with Crippen molar-refractivity contribution < 1.29 is 27.2 Å². The van der Waals surface area contributed by atoms with E-state index in [0.717, 1.165) is 5.56 Å². The number of carbonyl (C=O) groups excluding carboxylic acids is 3. The Morgan fingerprint density at radius 3 is 2.64 bits per heavy atom. The molecule has 2 unspecified atom stereocenters. The van der Waals surface area contributed by atoms with E-state index < -0.39 is 22.1 Å². The van der Waals surface area contributed by atoms with Gasteiger partial charge in [-0.05, 0) is 43.5 Å². The van der Waals surface area contributed by atoms with Crippen molar-refractivity contribution >= 4 is 27.6 Å². The Balaban J connectivity index is 1.07. The highest BCUT2D eigenvalue weighted by Crippen LogP contribution is 2.33. The van der Waals surface area contributed by atoms with Crippen LogP contribution in [0.5, 0.6) is 0 Å². The van der Waals surface area contributed by atoms with Crippen LogP contribution in [0, 0.1) is 0 Å². The Labute approximate surface area is 226 Å². The Kier molecular flexibility index (Phi) is 7.84. The van der Waals surface area contributed by atoms with Crippen molar-refractivity contribution in [2.75, 3.05) is 19.6 Å². The van der Waals surface area contributed by atoms with Crippen molar-refractivity contribution in [1.82, 2.24) is 24.5 Å². The summed E-state index contributed by atoms with van der Waals surface area (Å²) < 4.78 is 32.5. The summed E-state index contributed by atoms with van der Waals surface area (Å²) in [4.78, 5) is 47.6. The summed E-state index contributed by atoms with van der Waals surface area (Å²) in [5, 5.41) is 2.85. The average molecular weight is 552 g/mol. The third-order valence-corrected chi connectivity index (χ3v) is 8.85. The molecule has 0 radical (unpaired) electrons. The Bertz CT molecular complexity index is 1430. The fraction of sp³-hybridized carbons (Fsp3) is 0.370. The van der Waals surface area contributed by atoms with Crippen LogP contribution < -0.4 is 5.32 Å². The van der Waals surface area contributed by atoms with E-state index in [2.05, 4.69) is 15.3 Å². The minimum Gasteiger partial charge on any atom is -0.444 e. The number of fused-ring (bicyclic) bond motifs is 1. The molecule has 2 fully saturated rings. The zero-order valence-electron chi connectivity index (χ0n) is 21.2. The molecule has 1 N–H and O–H groups in total. The standard InChI is InChI=1S/C27H29N5O6S/c33-23-16-32(39(36,37)17-21-5-1-3-12-29-21)22-11-14-31(26(22)23)25(34)6-2-4-13-30-27(35)20-9-7-19(8-10-20)24-15-28-18-38-24/h1,3,5,7-10,12,15,18,22,26H,2,4,6,11,13-14,16-17H2,(H,30,35). The van der Waals surface area contributed by atoms with Crippen LogP contribution in [0.25, 0.3) is 11.3 Å². The molecule has 12 heteroatoms. The lowest BCUT2D eigenvalue weighted by Gasteiger charge is -2.24. The first-order valence-electron chi connectivity index (χ1n) is 12.8. The van der Waals surface area contributed by atoms with Gasteiger partial charge >= 0.3 is 0 Å². The second-order valence-corrected chi connectivity index (χ2v) is 11.6. The van der Waals surface area contributed by atoms with Gasteiger partial charge in [0.05, 0.1) is 24.5 Å². The molecule has 1 aromatic carbocycles. The van der Waals surface area contributed by atoms with Crippen LogP contribution in [0.1, 0.15) is 41.7 Å². The van der Waals surface area contributed by atoms with Crippen LogP contribution in [-0.4, -0.2) is 76.9 Å². The van der Waals surface area contributed by atoms with Crippen LogP contribution in [0.15, 0.2) is 65.7 Å². The van der Waals surface area contributed by atoms with Gasteiger partial charge in [0.15, 0.2) is 17.9 Å². The second kappa shape index (κ2) is 11.5. The third-order valence-electron chi connectivity index (χ3n) is 7.08. The second-order valence-electron chi connectivity index (χ2n) is 9.63. The smallest absolute Gasteiger partial charge is 0.251 e. The van der Waals surface area contributed by atoms with E-state index in [4.69, 9.17) is 4.42 Å². The number of unbranched alkanes of at least 4 members (excludes halogenated alkanes) is 1. The number of amides is 2. The van der Waals surface area contributed by atoms with Gasteiger partial charge in [0.25, 0.3) is 5.91 Å². The lowest BCUT2D eigenvalue weighted by atomic mass is 10.1. The molecule has 2 aromatic heterocycles. The first-order valence-corrected chi connectivity index (χ1v) is 14.4. The summed E-state index contributed by atoms with van der Waals surface area (Å²) in [6, 6.07) is 10.8. The number of hydrogen-bond acceptors (Lipinski definition) is 8. The lowest BCUT2D eigenvalue weighted by Crippen LogP contribution is -2.43. The monoisotopic (exact) mass is 551 g/mol. The molecule has 0 aliphatic carbocycles. The minimum atomic E-state index is -3.75. The van der Waals surface area contributed by atoms with Crippen LogP contribution in [0.3, 0.4) is 0 Å². The van der Waals surface area contributed by atoms with E-state index in [1.54, 1.807) is 48.7 Å². The summed E-state index contributed by atoms with van der Waals surface area (Å²) in [7, 11) is -3.75. The summed E-state index contributed by atoms with van der Waals surface area (Å²) in [5.74, 6) is -0.299. The minimum absolute atomic E-state index is 0.172. The highest BCUT2D eigenvalue weighted by Gasteiger charge is 2.53. The molecule has 204 valence electrons. The molecule has 2 aliphatic heterocycles. The van der Waals surface area contributed by atoms with Crippen LogP contribution in [0.2, 0.25) is 0 Å². The molecule has 4 heterocycles. The largest absolute Gasteiger partial charge is 0.444 e. The molecule has 5 rings (SSSR count). The van der Waals surface area contributed by atoms with Crippen molar-refractivity contribution in [2.45, 2.75) is 43.5 Å². The van der Waals surface area contributed by atoms with Crippen molar-refractivity contribution in [3.05, 3.63) is 72.5 Å². The van der Waals surface area contributed by atoms with Gasteiger partial charge in [0.2, 0.25) is 15.9 Å². The number of benzene rings is 1. The highest BCUT2D eigenvalue weighted by molar-refractivity contribution is 7.88. The zero-order chi connectivity index (χ0) is 27.4. The number of ketones is 1. The predicted octanol–water partition coefficient (Wildman–Crippen LogP) is 2.02. The number of pyridine rings is 1. The first kappa shape index (κ1) is 26.7. The summed E-state index contributed by atoms with van der Waals surface area (Å²) >= 11 is 0. The van der Waals surface area contributed by atoms with Gasteiger partial charge in [-0.1, -0.05) is 18.2 Å². The maximum atomic E-state index is 13.0. The van der Waals surface area contributed by atoms with Crippen molar-refractivity contribution in [3.8, 4) is 11.3 Å². The quantitative estimate of drug-likeness (QED) is 0.377. The van der Waals surface area contributed by atoms with Crippen LogP contribution in [0.4, 0.5) is 0 Å². The number of rotatable bonds is 10. The van der Waals surface area contributed by atoms with E-state index >= 15 is 0 Å². The fourth-order valence-electron chi connectivity index (χ4n) is 5.16. The van der Waals surface area contributed by atoms with E-state index in [0.29, 0.717) is 49.4 Å². The molecule has 0 bridgehead atoms. The van der Waals surface area contributed by atoms with Gasteiger partial charge in [-0.2, -0.15) is 4.31 Å².